The SMILES string of the molecule is CCCCCC(c1cnccn1)C1CCCCC1. The molecule has 100 valence electrons. The molecule has 1 aliphatic carbocycles. The molecule has 0 aromatic carbocycles. The predicted octanol–water partition coefficient (Wildman–Crippen LogP) is 4.72. The van der Waals surface area contributed by atoms with Gasteiger partial charge in [0, 0.05) is 24.5 Å². The average Bonchev–Trinajstić information content (AvgIpc) is 2.46. The van der Waals surface area contributed by atoms with Crippen LogP contribution in [0.1, 0.15) is 76.3 Å². The normalized spacial score (nSPS) is 18.7. The summed E-state index contributed by atoms with van der Waals surface area (Å²) >= 11 is 0. The van der Waals surface area contributed by atoms with Crippen LogP contribution in [0.4, 0.5) is 0 Å². The summed E-state index contributed by atoms with van der Waals surface area (Å²) in [5.74, 6) is 1.51. The van der Waals surface area contributed by atoms with E-state index in [-0.39, 0.29) is 0 Å². The van der Waals surface area contributed by atoms with Crippen LogP contribution < -0.4 is 0 Å². The molecule has 0 N–H and O–H groups in total. The van der Waals surface area contributed by atoms with Crippen LogP contribution in [0.15, 0.2) is 18.6 Å². The first-order chi connectivity index (χ1) is 8.92. The van der Waals surface area contributed by atoms with Crippen molar-refractivity contribution in [2.75, 3.05) is 0 Å². The first-order valence-electron chi connectivity index (χ1n) is 7.67. The van der Waals surface area contributed by atoms with Crippen molar-refractivity contribution in [1.29, 1.82) is 0 Å². The summed E-state index contributed by atoms with van der Waals surface area (Å²) in [5, 5.41) is 0. The molecule has 1 atom stereocenters. The van der Waals surface area contributed by atoms with Crippen LogP contribution in [0.25, 0.3) is 0 Å². The first kappa shape index (κ1) is 13.5. The van der Waals surface area contributed by atoms with Crippen molar-refractivity contribution in [1.82, 2.24) is 9.97 Å². The van der Waals surface area contributed by atoms with Crippen molar-refractivity contribution in [3.05, 3.63) is 24.3 Å². The van der Waals surface area contributed by atoms with Gasteiger partial charge in [-0.15, -0.1) is 0 Å². The summed E-state index contributed by atoms with van der Waals surface area (Å²) in [6.07, 6.45) is 18.0. The van der Waals surface area contributed by atoms with Gasteiger partial charge in [0.25, 0.3) is 0 Å². The Bertz CT molecular complexity index is 317. The minimum Gasteiger partial charge on any atom is -0.261 e. The molecular formula is C16H26N2. The monoisotopic (exact) mass is 246 g/mol. The van der Waals surface area contributed by atoms with Crippen LogP contribution in [-0.2, 0) is 0 Å². The largest absolute Gasteiger partial charge is 0.261 e. The molecule has 0 spiro atoms. The summed E-state index contributed by atoms with van der Waals surface area (Å²) in [4.78, 5) is 8.84. The van der Waals surface area contributed by atoms with Crippen LogP contribution in [0.5, 0.6) is 0 Å². The van der Waals surface area contributed by atoms with Crippen LogP contribution in [0, 0.1) is 5.92 Å². The molecule has 0 aliphatic heterocycles. The maximum absolute atomic E-state index is 4.57. The highest BCUT2D eigenvalue weighted by Gasteiger charge is 2.25. The third kappa shape index (κ3) is 3.79. The van der Waals surface area contributed by atoms with Gasteiger partial charge in [0.15, 0.2) is 0 Å². The lowest BCUT2D eigenvalue weighted by molar-refractivity contribution is 0.285. The predicted molar refractivity (Wildman–Crippen MR) is 75.5 cm³/mol. The van der Waals surface area contributed by atoms with Gasteiger partial charge in [0.1, 0.15) is 0 Å². The Morgan fingerprint density at radius 3 is 2.67 bits per heavy atom. The van der Waals surface area contributed by atoms with E-state index in [9.17, 15) is 0 Å². The van der Waals surface area contributed by atoms with Gasteiger partial charge in [-0.25, -0.2) is 0 Å². The van der Waals surface area contributed by atoms with E-state index in [0.717, 1.165) is 5.92 Å². The van der Waals surface area contributed by atoms with Gasteiger partial charge in [-0.05, 0) is 25.2 Å². The molecule has 1 fully saturated rings. The first-order valence-corrected chi connectivity index (χ1v) is 7.67. The number of rotatable bonds is 6. The van der Waals surface area contributed by atoms with E-state index in [4.69, 9.17) is 0 Å². The van der Waals surface area contributed by atoms with Gasteiger partial charge in [-0.2, -0.15) is 0 Å². The zero-order chi connectivity index (χ0) is 12.6. The lowest BCUT2D eigenvalue weighted by Gasteiger charge is -2.29. The summed E-state index contributed by atoms with van der Waals surface area (Å²) in [6, 6.07) is 0. The molecule has 2 rings (SSSR count). The summed E-state index contributed by atoms with van der Waals surface area (Å²) in [5.41, 5.74) is 1.24. The number of hydrogen-bond donors (Lipinski definition) is 0. The van der Waals surface area contributed by atoms with Crippen molar-refractivity contribution in [3.63, 3.8) is 0 Å². The molecule has 0 bridgehead atoms. The molecule has 2 heteroatoms. The minimum absolute atomic E-state index is 0.658. The average molecular weight is 246 g/mol. The number of nitrogens with zero attached hydrogens (tertiary/aromatic N) is 2. The zero-order valence-electron chi connectivity index (χ0n) is 11.6. The van der Waals surface area contributed by atoms with Crippen molar-refractivity contribution in [2.45, 2.75) is 70.6 Å². The minimum atomic E-state index is 0.658. The molecule has 1 aromatic rings. The molecule has 1 unspecified atom stereocenters. The molecule has 1 heterocycles. The van der Waals surface area contributed by atoms with Crippen LogP contribution >= 0.6 is 0 Å². The lowest BCUT2D eigenvalue weighted by Crippen LogP contribution is -2.17. The highest BCUT2D eigenvalue weighted by Crippen LogP contribution is 2.38. The second kappa shape index (κ2) is 7.50. The third-order valence-corrected chi connectivity index (χ3v) is 4.30. The van der Waals surface area contributed by atoms with E-state index >= 15 is 0 Å². The third-order valence-electron chi connectivity index (χ3n) is 4.30. The number of hydrogen-bond acceptors (Lipinski definition) is 2. The summed E-state index contributed by atoms with van der Waals surface area (Å²) < 4.78 is 0. The molecule has 1 aliphatic rings. The van der Waals surface area contributed by atoms with E-state index < -0.39 is 0 Å². The molecular weight excluding hydrogens is 220 g/mol. The second-order valence-electron chi connectivity index (χ2n) is 5.63. The van der Waals surface area contributed by atoms with Gasteiger partial charge in [0.2, 0.25) is 0 Å². The molecule has 1 saturated carbocycles. The molecule has 0 radical (unpaired) electrons. The Balaban J connectivity index is 2.01. The Labute approximate surface area is 111 Å². The van der Waals surface area contributed by atoms with Crippen molar-refractivity contribution >= 4 is 0 Å². The van der Waals surface area contributed by atoms with E-state index in [2.05, 4.69) is 16.9 Å². The van der Waals surface area contributed by atoms with Crippen molar-refractivity contribution < 1.29 is 0 Å². The number of aromatic nitrogens is 2. The summed E-state index contributed by atoms with van der Waals surface area (Å²) in [6.45, 7) is 2.28. The van der Waals surface area contributed by atoms with Gasteiger partial charge in [-0.3, -0.25) is 9.97 Å². The molecule has 2 nitrogen and oxygen atoms in total. The van der Waals surface area contributed by atoms with E-state index in [1.807, 2.05) is 12.4 Å². The second-order valence-corrected chi connectivity index (χ2v) is 5.63. The standard InChI is InChI=1S/C16H26N2/c1-2-3-5-10-15(14-8-6-4-7-9-14)16-13-17-11-12-18-16/h11-15H,2-10H2,1H3. The van der Waals surface area contributed by atoms with E-state index in [1.54, 1.807) is 6.20 Å². The quantitative estimate of drug-likeness (QED) is 0.679. The maximum Gasteiger partial charge on any atom is 0.0620 e. The Kier molecular flexibility index (Phi) is 5.63. The fourth-order valence-corrected chi connectivity index (χ4v) is 3.28. The fraction of sp³-hybridized carbons (Fsp3) is 0.750. The van der Waals surface area contributed by atoms with Crippen molar-refractivity contribution in [3.8, 4) is 0 Å². The highest BCUT2D eigenvalue weighted by molar-refractivity contribution is 5.05. The van der Waals surface area contributed by atoms with Crippen molar-refractivity contribution in [2.24, 2.45) is 5.92 Å². The van der Waals surface area contributed by atoms with Crippen LogP contribution in [0.2, 0.25) is 0 Å². The van der Waals surface area contributed by atoms with Gasteiger partial charge < -0.3 is 0 Å². The summed E-state index contributed by atoms with van der Waals surface area (Å²) in [7, 11) is 0. The topological polar surface area (TPSA) is 25.8 Å². The molecule has 0 amide bonds. The van der Waals surface area contributed by atoms with Gasteiger partial charge in [-0.1, -0.05) is 45.4 Å². The molecule has 1 aromatic heterocycles. The Hall–Kier alpha value is -0.920. The Morgan fingerprint density at radius 2 is 2.00 bits per heavy atom. The number of unbranched alkanes of at least 4 members (excludes halogenated alkanes) is 2. The highest BCUT2D eigenvalue weighted by atomic mass is 14.8. The van der Waals surface area contributed by atoms with Crippen LogP contribution in [0.3, 0.4) is 0 Å². The van der Waals surface area contributed by atoms with Gasteiger partial charge in [0.05, 0.1) is 5.69 Å². The van der Waals surface area contributed by atoms with Crippen LogP contribution in [-0.4, -0.2) is 9.97 Å². The van der Waals surface area contributed by atoms with E-state index in [1.165, 1.54) is 63.5 Å². The lowest BCUT2D eigenvalue weighted by atomic mass is 9.76. The fourth-order valence-electron chi connectivity index (χ4n) is 3.28. The van der Waals surface area contributed by atoms with Gasteiger partial charge >= 0.3 is 0 Å². The van der Waals surface area contributed by atoms with E-state index in [0.29, 0.717) is 5.92 Å². The maximum atomic E-state index is 4.57. The molecule has 18 heavy (non-hydrogen) atoms. The Morgan fingerprint density at radius 1 is 1.17 bits per heavy atom. The zero-order valence-corrected chi connectivity index (χ0v) is 11.6. The molecule has 0 saturated heterocycles. The smallest absolute Gasteiger partial charge is 0.0620 e.